The zero-order chi connectivity index (χ0) is 3.58. The van der Waals surface area contributed by atoms with Crippen molar-refractivity contribution in [1.29, 1.82) is 0 Å². The van der Waals surface area contributed by atoms with E-state index in [0.717, 1.165) is 0 Å². The summed E-state index contributed by atoms with van der Waals surface area (Å²) in [5.74, 6) is 0. The molecule has 0 rings (SSSR count). The van der Waals surface area contributed by atoms with E-state index in [1.807, 2.05) is 0 Å². The van der Waals surface area contributed by atoms with Crippen LogP contribution in [0, 0.1) is 0 Å². The first-order chi connectivity index (χ1) is 1.73. The molecular formula is HCl4Ru. The van der Waals surface area contributed by atoms with Crippen molar-refractivity contribution < 1.29 is 13.0 Å². The van der Waals surface area contributed by atoms with E-state index < -0.39 is 13.0 Å². The molecule has 0 radical (unpaired) electrons. The fourth-order valence-corrected chi connectivity index (χ4v) is 0. The van der Waals surface area contributed by atoms with Crippen LogP contribution in [-0.2, 0) is 13.0 Å². The number of halogens is 4. The standard InChI is InChI=1S/4ClH.Ru/h4*1H;/q;;;;+3/p-3. The molecule has 5 heavy (non-hydrogen) atoms. The van der Waals surface area contributed by atoms with E-state index >= 15 is 0 Å². The van der Waals surface area contributed by atoms with E-state index in [1.165, 1.54) is 0 Å². The summed E-state index contributed by atoms with van der Waals surface area (Å²) in [5.41, 5.74) is 0. The van der Waals surface area contributed by atoms with Gasteiger partial charge < -0.3 is 0 Å². The van der Waals surface area contributed by atoms with Gasteiger partial charge in [0.2, 0.25) is 0 Å². The molecule has 0 heterocycles. The van der Waals surface area contributed by atoms with Crippen LogP contribution >= 0.6 is 41.5 Å². The molecule has 0 aliphatic carbocycles. The molecule has 0 N–H and O–H groups in total. The van der Waals surface area contributed by atoms with Gasteiger partial charge in [-0.3, -0.25) is 0 Å². The summed E-state index contributed by atoms with van der Waals surface area (Å²) in [6, 6.07) is 0. The Balaban J connectivity index is 0. The van der Waals surface area contributed by atoms with Crippen LogP contribution in [0.4, 0.5) is 0 Å². The van der Waals surface area contributed by atoms with Crippen molar-refractivity contribution in [1.82, 2.24) is 0 Å². The summed E-state index contributed by atoms with van der Waals surface area (Å²) in [5, 5.41) is 0. The first-order valence-electron chi connectivity index (χ1n) is 0.401. The maximum absolute atomic E-state index is 4.95. The molecule has 37 valence electrons. The number of hydrogen-bond acceptors (Lipinski definition) is 0. The third kappa shape index (κ3) is 26.0. The van der Waals surface area contributed by atoms with Crippen molar-refractivity contribution in [2.75, 3.05) is 0 Å². The van der Waals surface area contributed by atoms with Crippen LogP contribution in [0.1, 0.15) is 0 Å². The fraction of sp³-hybridized carbons (Fsp3) is 0. The van der Waals surface area contributed by atoms with Gasteiger partial charge in [-0.05, 0) is 0 Å². The third-order valence-electron chi connectivity index (χ3n) is 0. The zero-order valence-electron chi connectivity index (χ0n) is 1.90. The topological polar surface area (TPSA) is 0 Å². The molecular weight excluding hydrogens is 243 g/mol. The van der Waals surface area contributed by atoms with Crippen LogP contribution in [0.25, 0.3) is 0 Å². The van der Waals surface area contributed by atoms with Crippen molar-refractivity contribution in [2.45, 2.75) is 0 Å². The first-order valence-corrected chi connectivity index (χ1v) is 7.12. The molecule has 0 aromatic rings. The Hall–Kier alpha value is 1.78. The summed E-state index contributed by atoms with van der Waals surface area (Å²) in [4.78, 5) is 0. The summed E-state index contributed by atoms with van der Waals surface area (Å²) in [6.07, 6.45) is 0. The molecule has 0 aliphatic rings. The molecule has 0 aliphatic heterocycles. The normalized spacial score (nSPS) is 9.00. The van der Waals surface area contributed by atoms with Crippen LogP contribution in [0.2, 0.25) is 0 Å². The molecule has 0 fully saturated rings. The average molecular weight is 244 g/mol. The third-order valence-corrected chi connectivity index (χ3v) is 0. The van der Waals surface area contributed by atoms with Crippen LogP contribution in [-0.4, -0.2) is 0 Å². The Morgan fingerprint density at radius 3 is 1.00 bits per heavy atom. The van der Waals surface area contributed by atoms with Crippen molar-refractivity contribution in [3.05, 3.63) is 0 Å². The molecule has 0 aromatic carbocycles. The van der Waals surface area contributed by atoms with Crippen molar-refractivity contribution in [3.63, 3.8) is 0 Å². The van der Waals surface area contributed by atoms with Gasteiger partial charge in [-0.15, -0.1) is 12.4 Å². The number of rotatable bonds is 0. The molecule has 5 heteroatoms. The van der Waals surface area contributed by atoms with Gasteiger partial charge in [-0.25, -0.2) is 0 Å². The van der Waals surface area contributed by atoms with Gasteiger partial charge in [0.1, 0.15) is 0 Å². The molecule has 0 amide bonds. The van der Waals surface area contributed by atoms with Crippen LogP contribution < -0.4 is 0 Å². The van der Waals surface area contributed by atoms with Crippen molar-refractivity contribution in [2.24, 2.45) is 0 Å². The predicted octanol–water partition coefficient (Wildman–Crippen LogP) is 2.49. The quantitative estimate of drug-likeness (QED) is 0.574. The maximum atomic E-state index is 4.95. The van der Waals surface area contributed by atoms with E-state index in [2.05, 4.69) is 0 Å². The fourth-order valence-electron chi connectivity index (χ4n) is 0. The molecule has 0 bridgehead atoms. The Bertz CT molecular complexity index is 8.36. The Morgan fingerprint density at radius 2 is 1.00 bits per heavy atom. The van der Waals surface area contributed by atoms with Gasteiger partial charge >= 0.3 is 42.1 Å². The van der Waals surface area contributed by atoms with E-state index in [1.54, 1.807) is 0 Å². The molecule has 0 saturated carbocycles. The Kier molecular flexibility index (Phi) is 11.5. The minimum absolute atomic E-state index is 0. The number of hydrogen-bond donors (Lipinski definition) is 0. The van der Waals surface area contributed by atoms with Gasteiger partial charge in [0.25, 0.3) is 0 Å². The Morgan fingerprint density at radius 1 is 1.00 bits per heavy atom. The first kappa shape index (κ1) is 9.92. The van der Waals surface area contributed by atoms with Gasteiger partial charge in [0.15, 0.2) is 0 Å². The Labute approximate surface area is 54.2 Å². The molecule has 0 atom stereocenters. The minimum atomic E-state index is -1.75. The second-order valence-electron chi connectivity index (χ2n) is 0.152. The second-order valence-corrected chi connectivity index (χ2v) is 8.07. The second kappa shape index (κ2) is 5.78. The van der Waals surface area contributed by atoms with Crippen LogP contribution in [0.3, 0.4) is 0 Å². The van der Waals surface area contributed by atoms with Crippen molar-refractivity contribution >= 4 is 41.5 Å². The molecule has 0 saturated heterocycles. The van der Waals surface area contributed by atoms with E-state index in [9.17, 15) is 0 Å². The summed E-state index contributed by atoms with van der Waals surface area (Å²) >= 11 is -1.75. The molecule has 0 nitrogen and oxygen atoms in total. The van der Waals surface area contributed by atoms with Crippen LogP contribution in [0.5, 0.6) is 0 Å². The van der Waals surface area contributed by atoms with E-state index in [0.29, 0.717) is 0 Å². The van der Waals surface area contributed by atoms with E-state index in [-0.39, 0.29) is 12.4 Å². The zero-order valence-corrected chi connectivity index (χ0v) is 6.72. The van der Waals surface area contributed by atoms with Crippen LogP contribution in [0.15, 0.2) is 0 Å². The monoisotopic (exact) mass is 243 g/mol. The predicted molar refractivity (Wildman–Crippen MR) is 24.8 cm³/mol. The summed E-state index contributed by atoms with van der Waals surface area (Å²) < 4.78 is 0. The van der Waals surface area contributed by atoms with Crippen molar-refractivity contribution in [3.8, 4) is 0 Å². The molecule has 0 aromatic heterocycles. The summed E-state index contributed by atoms with van der Waals surface area (Å²) in [7, 11) is 14.8. The van der Waals surface area contributed by atoms with E-state index in [4.69, 9.17) is 29.1 Å². The van der Waals surface area contributed by atoms with Gasteiger partial charge in [0.05, 0.1) is 0 Å². The average Bonchev–Trinajstić information content (AvgIpc) is 0.811. The van der Waals surface area contributed by atoms with Gasteiger partial charge in [0, 0.05) is 0 Å². The summed E-state index contributed by atoms with van der Waals surface area (Å²) in [6.45, 7) is 0. The van der Waals surface area contributed by atoms with Gasteiger partial charge in [-0.2, -0.15) is 0 Å². The molecule has 0 unspecified atom stereocenters. The SMILES string of the molecule is Cl.[Cl][Ru]([Cl])[Cl]. The van der Waals surface area contributed by atoms with Gasteiger partial charge in [-0.1, -0.05) is 0 Å². The molecule has 0 spiro atoms.